The number of carbonyl (C=O) groups excluding carboxylic acids is 1. The van der Waals surface area contributed by atoms with Gasteiger partial charge in [0.2, 0.25) is 0 Å². The molecule has 2 aromatic heterocycles. The predicted octanol–water partition coefficient (Wildman–Crippen LogP) is 2.16. The number of aromatic nitrogens is 5. The Morgan fingerprint density at radius 1 is 1.11 bits per heavy atom. The molecule has 0 atom stereocenters. The minimum absolute atomic E-state index is 0.155. The van der Waals surface area contributed by atoms with Crippen LogP contribution in [0, 0.1) is 0 Å². The van der Waals surface area contributed by atoms with Crippen LogP contribution in [0.1, 0.15) is 12.5 Å². The molecule has 0 bridgehead atoms. The zero-order valence-electron chi connectivity index (χ0n) is 14.6. The number of para-hydroxylation sites is 2. The molecule has 0 aliphatic rings. The van der Waals surface area contributed by atoms with Crippen molar-refractivity contribution in [3.8, 4) is 5.69 Å². The van der Waals surface area contributed by atoms with Crippen molar-refractivity contribution in [3.63, 3.8) is 0 Å². The van der Waals surface area contributed by atoms with Gasteiger partial charge >= 0.3 is 0 Å². The van der Waals surface area contributed by atoms with E-state index in [0.29, 0.717) is 5.71 Å². The Morgan fingerprint density at radius 2 is 1.93 bits per heavy atom. The van der Waals surface area contributed by atoms with Gasteiger partial charge in [0.05, 0.1) is 28.8 Å². The van der Waals surface area contributed by atoms with Crippen LogP contribution < -0.4 is 5.43 Å². The van der Waals surface area contributed by atoms with E-state index >= 15 is 0 Å². The van der Waals surface area contributed by atoms with Crippen LogP contribution in [-0.2, 0) is 11.3 Å². The maximum absolute atomic E-state index is 12.2. The van der Waals surface area contributed by atoms with Crippen LogP contribution in [0.4, 0.5) is 0 Å². The van der Waals surface area contributed by atoms with Gasteiger partial charge in [0.25, 0.3) is 5.91 Å². The Kier molecular flexibility index (Phi) is 4.44. The number of rotatable bonds is 5. The maximum atomic E-state index is 12.2. The Hall–Kier alpha value is -3.81. The van der Waals surface area contributed by atoms with Gasteiger partial charge in [-0.2, -0.15) is 10.2 Å². The van der Waals surface area contributed by atoms with Gasteiger partial charge in [-0.25, -0.2) is 20.1 Å². The largest absolute Gasteiger partial charge is 0.321 e. The molecule has 2 heterocycles. The topological polar surface area (TPSA) is 90.0 Å². The molecule has 8 heteroatoms. The summed E-state index contributed by atoms with van der Waals surface area (Å²) in [5.74, 6) is -0.211. The number of nitrogens with zero attached hydrogens (tertiary/aromatic N) is 6. The van der Waals surface area contributed by atoms with Crippen molar-refractivity contribution in [3.05, 3.63) is 73.1 Å². The zero-order chi connectivity index (χ0) is 18.6. The number of amides is 1. The molecule has 0 unspecified atom stereocenters. The van der Waals surface area contributed by atoms with E-state index in [1.165, 1.54) is 6.33 Å². The van der Waals surface area contributed by atoms with Crippen LogP contribution in [0.5, 0.6) is 0 Å². The van der Waals surface area contributed by atoms with Crippen LogP contribution in [-0.4, -0.2) is 35.9 Å². The molecule has 0 saturated carbocycles. The molecule has 8 nitrogen and oxygen atoms in total. The second-order valence-electron chi connectivity index (χ2n) is 5.98. The first kappa shape index (κ1) is 16.6. The van der Waals surface area contributed by atoms with Gasteiger partial charge in [0.1, 0.15) is 19.2 Å². The van der Waals surface area contributed by atoms with Crippen molar-refractivity contribution in [1.82, 2.24) is 29.7 Å². The van der Waals surface area contributed by atoms with E-state index in [0.717, 1.165) is 22.3 Å². The van der Waals surface area contributed by atoms with E-state index in [-0.39, 0.29) is 12.5 Å². The van der Waals surface area contributed by atoms with Gasteiger partial charge in [-0.3, -0.25) is 4.79 Å². The molecule has 1 N–H and O–H groups in total. The number of benzene rings is 2. The first-order chi connectivity index (χ1) is 13.2. The van der Waals surface area contributed by atoms with Crippen LogP contribution in [0.2, 0.25) is 0 Å². The Balaban J connectivity index is 1.42. The van der Waals surface area contributed by atoms with Crippen molar-refractivity contribution in [2.24, 2.45) is 5.10 Å². The molecule has 134 valence electrons. The molecule has 2 aromatic carbocycles. The van der Waals surface area contributed by atoms with Crippen molar-refractivity contribution < 1.29 is 4.79 Å². The van der Waals surface area contributed by atoms with Crippen molar-refractivity contribution >= 4 is 22.7 Å². The van der Waals surface area contributed by atoms with Crippen molar-refractivity contribution in [1.29, 1.82) is 0 Å². The third kappa shape index (κ3) is 3.59. The lowest BCUT2D eigenvalue weighted by Gasteiger charge is -2.06. The fraction of sp³-hybridized carbons (Fsp3) is 0.105. The minimum Gasteiger partial charge on any atom is -0.321 e. The van der Waals surface area contributed by atoms with Crippen LogP contribution in [0.3, 0.4) is 0 Å². The normalized spacial score (nSPS) is 11.7. The molecule has 4 rings (SSSR count). The van der Waals surface area contributed by atoms with E-state index in [9.17, 15) is 4.79 Å². The Morgan fingerprint density at radius 3 is 2.70 bits per heavy atom. The van der Waals surface area contributed by atoms with Gasteiger partial charge in [0.15, 0.2) is 0 Å². The molecule has 0 aliphatic heterocycles. The second-order valence-corrected chi connectivity index (χ2v) is 5.98. The fourth-order valence-electron chi connectivity index (χ4n) is 2.73. The molecule has 0 saturated heterocycles. The van der Waals surface area contributed by atoms with E-state index in [4.69, 9.17) is 0 Å². The van der Waals surface area contributed by atoms with Gasteiger partial charge < -0.3 is 4.57 Å². The SMILES string of the molecule is C/C(=N\NC(=O)Cn1cnc2ccccc21)c1ccc(-n2cncn2)cc1. The Labute approximate surface area is 155 Å². The first-order valence-electron chi connectivity index (χ1n) is 8.39. The standard InChI is InChI=1S/C19H17N7O/c1-14(15-6-8-16(9-7-15)26-12-20-11-22-26)23-24-19(27)10-25-13-21-17-4-2-3-5-18(17)25/h2-9,11-13H,10H2,1H3,(H,24,27)/b23-14+. The number of fused-ring (bicyclic) bond motifs is 1. The molecule has 0 aliphatic carbocycles. The van der Waals surface area contributed by atoms with E-state index in [2.05, 4.69) is 25.6 Å². The maximum Gasteiger partial charge on any atom is 0.260 e. The van der Waals surface area contributed by atoms with Gasteiger partial charge in [0, 0.05) is 0 Å². The average Bonchev–Trinajstić information content (AvgIpc) is 3.37. The summed E-state index contributed by atoms with van der Waals surface area (Å²) in [7, 11) is 0. The van der Waals surface area contributed by atoms with Crippen LogP contribution >= 0.6 is 0 Å². The first-order valence-corrected chi connectivity index (χ1v) is 8.39. The summed E-state index contributed by atoms with van der Waals surface area (Å²) in [5, 5.41) is 8.28. The van der Waals surface area contributed by atoms with Crippen LogP contribution in [0.15, 0.2) is 72.6 Å². The van der Waals surface area contributed by atoms with E-state index in [1.807, 2.05) is 55.5 Å². The molecular weight excluding hydrogens is 342 g/mol. The summed E-state index contributed by atoms with van der Waals surface area (Å²) in [6, 6.07) is 15.4. The highest BCUT2D eigenvalue weighted by Gasteiger charge is 2.07. The molecule has 1 amide bonds. The minimum atomic E-state index is -0.211. The summed E-state index contributed by atoms with van der Waals surface area (Å²) in [4.78, 5) is 20.4. The third-order valence-electron chi connectivity index (χ3n) is 4.16. The zero-order valence-corrected chi connectivity index (χ0v) is 14.6. The number of carbonyl (C=O) groups is 1. The number of nitrogens with one attached hydrogen (secondary N) is 1. The summed E-state index contributed by atoms with van der Waals surface area (Å²) in [5.41, 5.74) is 6.90. The summed E-state index contributed by atoms with van der Waals surface area (Å²) >= 11 is 0. The molecule has 27 heavy (non-hydrogen) atoms. The van der Waals surface area contributed by atoms with Gasteiger partial charge in [-0.05, 0) is 36.8 Å². The molecule has 0 spiro atoms. The summed E-state index contributed by atoms with van der Waals surface area (Å²) in [6.45, 7) is 2.00. The lowest BCUT2D eigenvalue weighted by Crippen LogP contribution is -2.24. The fourth-order valence-corrected chi connectivity index (χ4v) is 2.73. The third-order valence-corrected chi connectivity index (χ3v) is 4.16. The van der Waals surface area contributed by atoms with Gasteiger partial charge in [-0.15, -0.1) is 0 Å². The van der Waals surface area contributed by atoms with Gasteiger partial charge in [-0.1, -0.05) is 24.3 Å². The number of hydrogen-bond donors (Lipinski definition) is 1. The monoisotopic (exact) mass is 359 g/mol. The molecule has 4 aromatic rings. The second kappa shape index (κ2) is 7.20. The summed E-state index contributed by atoms with van der Waals surface area (Å²) in [6.07, 6.45) is 4.78. The smallest absolute Gasteiger partial charge is 0.260 e. The predicted molar refractivity (Wildman–Crippen MR) is 101 cm³/mol. The highest BCUT2D eigenvalue weighted by molar-refractivity contribution is 5.99. The van der Waals surface area contributed by atoms with E-state index < -0.39 is 0 Å². The number of hydrazone groups is 1. The highest BCUT2D eigenvalue weighted by atomic mass is 16.2. The van der Waals surface area contributed by atoms with Crippen molar-refractivity contribution in [2.45, 2.75) is 13.5 Å². The van der Waals surface area contributed by atoms with E-state index in [1.54, 1.807) is 21.9 Å². The molecular formula is C19H17N7O. The molecule has 0 radical (unpaired) electrons. The van der Waals surface area contributed by atoms with Crippen molar-refractivity contribution in [2.75, 3.05) is 0 Å². The number of hydrogen-bond acceptors (Lipinski definition) is 5. The summed E-state index contributed by atoms with van der Waals surface area (Å²) < 4.78 is 3.47. The average molecular weight is 359 g/mol. The van der Waals surface area contributed by atoms with Crippen LogP contribution in [0.25, 0.3) is 16.7 Å². The lowest BCUT2D eigenvalue weighted by atomic mass is 10.1. The lowest BCUT2D eigenvalue weighted by molar-refractivity contribution is -0.121. The highest BCUT2D eigenvalue weighted by Crippen LogP contribution is 2.11. The quantitative estimate of drug-likeness (QED) is 0.437. The molecule has 0 fully saturated rings. The Bertz CT molecular complexity index is 1090. The number of imidazole rings is 1.